The van der Waals surface area contributed by atoms with Gasteiger partial charge in [0.1, 0.15) is 24.0 Å². The normalized spacial score (nSPS) is 10.8. The predicted octanol–water partition coefficient (Wildman–Crippen LogP) is 4.03. The van der Waals surface area contributed by atoms with Crippen molar-refractivity contribution in [1.82, 2.24) is 4.98 Å². The molecule has 0 radical (unpaired) electrons. The molecule has 3 rings (SSSR count). The monoisotopic (exact) mass is 259 g/mol. The maximum atomic E-state index is 13.5. The number of ether oxygens (including phenoxy) is 1. The molecule has 1 aromatic heterocycles. The van der Waals surface area contributed by atoms with Crippen molar-refractivity contribution in [2.45, 2.75) is 6.61 Å². The minimum absolute atomic E-state index is 0.278. The van der Waals surface area contributed by atoms with Crippen molar-refractivity contribution < 1.29 is 13.5 Å². The molecule has 0 spiro atoms. The number of rotatable bonds is 3. The number of fused-ring (bicyclic) bond motifs is 1. The van der Waals surface area contributed by atoms with E-state index in [1.165, 1.54) is 18.2 Å². The van der Waals surface area contributed by atoms with E-state index in [0.717, 1.165) is 11.1 Å². The van der Waals surface area contributed by atoms with E-state index in [2.05, 4.69) is 4.98 Å². The van der Waals surface area contributed by atoms with Crippen molar-refractivity contribution in [3.05, 3.63) is 65.9 Å². The molecule has 0 saturated heterocycles. The third-order valence-electron chi connectivity index (χ3n) is 2.87. The summed E-state index contributed by atoms with van der Waals surface area (Å²) in [5.41, 5.74) is 1.24. The van der Waals surface area contributed by atoms with Crippen molar-refractivity contribution in [2.24, 2.45) is 0 Å². The quantitative estimate of drug-likeness (QED) is 0.754. The van der Waals surface area contributed by atoms with Crippen LogP contribution in [0.4, 0.5) is 8.78 Å². The van der Waals surface area contributed by atoms with Gasteiger partial charge < -0.3 is 9.72 Å². The average molecular weight is 259 g/mol. The summed E-state index contributed by atoms with van der Waals surface area (Å²) in [4.78, 5) is 2.97. The lowest BCUT2D eigenvalue weighted by molar-refractivity contribution is 0.302. The van der Waals surface area contributed by atoms with Crippen LogP contribution >= 0.6 is 0 Å². The summed E-state index contributed by atoms with van der Waals surface area (Å²) < 4.78 is 31.7. The van der Waals surface area contributed by atoms with E-state index < -0.39 is 0 Å². The van der Waals surface area contributed by atoms with Crippen LogP contribution in [0.5, 0.6) is 5.75 Å². The highest BCUT2D eigenvalue weighted by molar-refractivity contribution is 5.80. The zero-order valence-electron chi connectivity index (χ0n) is 9.99. The Kier molecular flexibility index (Phi) is 2.91. The van der Waals surface area contributed by atoms with Gasteiger partial charge in [-0.3, -0.25) is 0 Å². The van der Waals surface area contributed by atoms with Crippen LogP contribution < -0.4 is 4.74 Å². The number of halogens is 2. The lowest BCUT2D eigenvalue weighted by Crippen LogP contribution is -1.95. The molecule has 0 aliphatic carbocycles. The summed E-state index contributed by atoms with van der Waals surface area (Å²) in [6.07, 6.45) is 0. The van der Waals surface area contributed by atoms with E-state index in [1.807, 2.05) is 12.1 Å². The SMILES string of the molecule is Fc1ccc(OCc2cc3cccc(F)c3[nH]2)cc1. The second-order valence-electron chi connectivity index (χ2n) is 4.24. The van der Waals surface area contributed by atoms with Crippen molar-refractivity contribution in [1.29, 1.82) is 0 Å². The van der Waals surface area contributed by atoms with E-state index in [0.29, 0.717) is 11.3 Å². The fourth-order valence-electron chi connectivity index (χ4n) is 1.95. The molecule has 2 aromatic carbocycles. The molecule has 19 heavy (non-hydrogen) atoms. The van der Waals surface area contributed by atoms with Crippen LogP contribution in [0.1, 0.15) is 5.69 Å². The van der Waals surface area contributed by atoms with Gasteiger partial charge in [-0.15, -0.1) is 0 Å². The van der Waals surface area contributed by atoms with E-state index in [-0.39, 0.29) is 18.2 Å². The van der Waals surface area contributed by atoms with Crippen molar-refractivity contribution >= 4 is 10.9 Å². The van der Waals surface area contributed by atoms with Crippen LogP contribution in [0.2, 0.25) is 0 Å². The number of para-hydroxylation sites is 1. The molecule has 4 heteroatoms. The summed E-state index contributed by atoms with van der Waals surface area (Å²) >= 11 is 0. The van der Waals surface area contributed by atoms with Gasteiger partial charge in [-0.1, -0.05) is 12.1 Å². The van der Waals surface area contributed by atoms with Crippen molar-refractivity contribution in [3.8, 4) is 5.75 Å². The van der Waals surface area contributed by atoms with Crippen LogP contribution in [0.3, 0.4) is 0 Å². The minimum Gasteiger partial charge on any atom is -0.487 e. The van der Waals surface area contributed by atoms with E-state index in [1.54, 1.807) is 18.2 Å². The summed E-state index contributed by atoms with van der Waals surface area (Å²) in [6, 6.07) is 12.5. The van der Waals surface area contributed by atoms with Gasteiger partial charge in [0, 0.05) is 5.39 Å². The number of H-pyrrole nitrogens is 1. The van der Waals surface area contributed by atoms with Crippen LogP contribution in [0.15, 0.2) is 48.5 Å². The molecule has 0 bridgehead atoms. The largest absolute Gasteiger partial charge is 0.487 e. The molecule has 0 saturated carbocycles. The van der Waals surface area contributed by atoms with Gasteiger partial charge in [0.15, 0.2) is 0 Å². The fraction of sp³-hybridized carbons (Fsp3) is 0.0667. The van der Waals surface area contributed by atoms with Crippen molar-refractivity contribution in [2.75, 3.05) is 0 Å². The zero-order valence-corrected chi connectivity index (χ0v) is 9.99. The first-order chi connectivity index (χ1) is 9.22. The number of hydrogen-bond acceptors (Lipinski definition) is 1. The molecule has 0 amide bonds. The van der Waals surface area contributed by atoms with E-state index in [4.69, 9.17) is 4.74 Å². The number of aromatic nitrogens is 1. The molecule has 3 aromatic rings. The maximum absolute atomic E-state index is 13.5. The Balaban J connectivity index is 1.78. The zero-order chi connectivity index (χ0) is 13.2. The van der Waals surface area contributed by atoms with Crippen LogP contribution in [-0.4, -0.2) is 4.98 Å². The topological polar surface area (TPSA) is 25.0 Å². The maximum Gasteiger partial charge on any atom is 0.147 e. The molecular formula is C15H11F2NO. The summed E-state index contributed by atoms with van der Waals surface area (Å²) in [5, 5.41) is 0.803. The highest BCUT2D eigenvalue weighted by atomic mass is 19.1. The fourth-order valence-corrected chi connectivity index (χ4v) is 1.95. The number of benzene rings is 2. The van der Waals surface area contributed by atoms with Crippen molar-refractivity contribution in [3.63, 3.8) is 0 Å². The van der Waals surface area contributed by atoms with Crippen LogP contribution in [-0.2, 0) is 6.61 Å². The molecular weight excluding hydrogens is 248 g/mol. The Morgan fingerprint density at radius 1 is 1.00 bits per heavy atom. The molecule has 96 valence electrons. The standard InChI is InChI=1S/C15H11F2NO/c16-11-4-6-13(7-5-11)19-9-12-8-10-2-1-3-14(17)15(10)18-12/h1-8,18H,9H2. The van der Waals surface area contributed by atoms with Gasteiger partial charge in [-0.25, -0.2) is 8.78 Å². The lowest BCUT2D eigenvalue weighted by atomic mass is 10.2. The summed E-state index contributed by atoms with van der Waals surface area (Å²) in [6.45, 7) is 0.278. The average Bonchev–Trinajstić information content (AvgIpc) is 2.83. The Morgan fingerprint density at radius 3 is 2.53 bits per heavy atom. The van der Waals surface area contributed by atoms with Gasteiger partial charge in [0.2, 0.25) is 0 Å². The summed E-state index contributed by atoms with van der Waals surface area (Å²) in [5.74, 6) is -0.0221. The lowest BCUT2D eigenvalue weighted by Gasteiger charge is -2.03. The molecule has 0 atom stereocenters. The first-order valence-corrected chi connectivity index (χ1v) is 5.87. The Labute approximate surface area is 108 Å². The van der Waals surface area contributed by atoms with Gasteiger partial charge in [0.25, 0.3) is 0 Å². The molecule has 0 unspecified atom stereocenters. The molecule has 2 nitrogen and oxygen atoms in total. The number of aromatic amines is 1. The Hall–Kier alpha value is -2.36. The first kappa shape index (κ1) is 11.7. The second-order valence-corrected chi connectivity index (χ2v) is 4.24. The molecule has 0 fully saturated rings. The predicted molar refractivity (Wildman–Crippen MR) is 69.0 cm³/mol. The second kappa shape index (κ2) is 4.72. The van der Waals surface area contributed by atoms with E-state index in [9.17, 15) is 8.78 Å². The number of hydrogen-bond donors (Lipinski definition) is 1. The smallest absolute Gasteiger partial charge is 0.147 e. The van der Waals surface area contributed by atoms with Crippen LogP contribution in [0.25, 0.3) is 10.9 Å². The van der Waals surface area contributed by atoms with Gasteiger partial charge in [-0.2, -0.15) is 0 Å². The third kappa shape index (κ3) is 2.42. The first-order valence-electron chi connectivity index (χ1n) is 5.87. The highest BCUT2D eigenvalue weighted by Gasteiger charge is 2.05. The Bertz CT molecular complexity index is 704. The Morgan fingerprint density at radius 2 is 1.79 bits per heavy atom. The summed E-state index contributed by atoms with van der Waals surface area (Å²) in [7, 11) is 0. The molecule has 1 heterocycles. The molecule has 0 aliphatic rings. The highest BCUT2D eigenvalue weighted by Crippen LogP contribution is 2.20. The minimum atomic E-state index is -0.306. The van der Waals surface area contributed by atoms with E-state index >= 15 is 0 Å². The van der Waals surface area contributed by atoms with Gasteiger partial charge in [0.05, 0.1) is 11.2 Å². The van der Waals surface area contributed by atoms with Crippen LogP contribution in [0, 0.1) is 11.6 Å². The van der Waals surface area contributed by atoms with Gasteiger partial charge in [-0.05, 0) is 36.4 Å². The van der Waals surface area contributed by atoms with Gasteiger partial charge >= 0.3 is 0 Å². The third-order valence-corrected chi connectivity index (χ3v) is 2.87. The number of nitrogens with one attached hydrogen (secondary N) is 1. The molecule has 1 N–H and O–H groups in total. The molecule has 0 aliphatic heterocycles.